The van der Waals surface area contributed by atoms with Crippen LogP contribution in [0, 0.1) is 6.92 Å². The van der Waals surface area contributed by atoms with Gasteiger partial charge in [0.25, 0.3) is 0 Å². The molecule has 2 aromatic carbocycles. The molecule has 1 aromatic heterocycles. The Bertz CT molecular complexity index is 885. The largest absolute Gasteiger partial charge is 0.461 e. The van der Waals surface area contributed by atoms with Gasteiger partial charge in [-0.1, -0.05) is 60.3 Å². The first-order valence-corrected chi connectivity index (χ1v) is 8.71. The monoisotopic (exact) mass is 351 g/mol. The Labute approximate surface area is 150 Å². The summed E-state index contributed by atoms with van der Waals surface area (Å²) in [5.41, 5.74) is 2.08. The van der Waals surface area contributed by atoms with Crippen LogP contribution in [0.1, 0.15) is 23.0 Å². The lowest BCUT2D eigenvalue weighted by Crippen LogP contribution is -2.12. The highest BCUT2D eigenvalue weighted by atomic mass is 32.2. The lowest BCUT2D eigenvalue weighted by Gasteiger charge is -2.09. The predicted octanol–water partition coefficient (Wildman–Crippen LogP) is 4.17. The number of esters is 1. The summed E-state index contributed by atoms with van der Waals surface area (Å²) in [6.45, 7) is 4.04. The van der Waals surface area contributed by atoms with E-state index in [4.69, 9.17) is 4.74 Å². The van der Waals surface area contributed by atoms with E-state index in [9.17, 15) is 4.79 Å². The number of hydrogen-bond donors (Lipinski definition) is 0. The molecule has 0 unspecified atom stereocenters. The van der Waals surface area contributed by atoms with Gasteiger partial charge in [-0.3, -0.25) is 0 Å². The molecule has 0 radical (unpaired) electrons. The molecule has 0 saturated heterocycles. The van der Waals surface area contributed by atoms with Crippen LogP contribution in [0.25, 0.3) is 11.4 Å². The minimum absolute atomic E-state index is 0.134. The van der Waals surface area contributed by atoms with Crippen molar-refractivity contribution in [3.63, 3.8) is 0 Å². The molecule has 0 bridgehead atoms. The molecule has 126 valence electrons. The summed E-state index contributed by atoms with van der Waals surface area (Å²) in [5.74, 6) is -0.0390. The Balaban J connectivity index is 2.04. The number of benzene rings is 2. The highest BCUT2D eigenvalue weighted by Crippen LogP contribution is 2.31. The minimum atomic E-state index is -0.516. The van der Waals surface area contributed by atoms with Crippen LogP contribution in [0.5, 0.6) is 0 Å². The van der Waals surface area contributed by atoms with Crippen LogP contribution in [0.2, 0.25) is 0 Å². The van der Waals surface area contributed by atoms with E-state index in [1.54, 1.807) is 6.92 Å². The molecule has 0 aliphatic rings. The Morgan fingerprint density at radius 3 is 2.48 bits per heavy atom. The van der Waals surface area contributed by atoms with Gasteiger partial charge in [0.15, 0.2) is 5.82 Å². The van der Waals surface area contributed by atoms with Gasteiger partial charge < -0.3 is 4.74 Å². The van der Waals surface area contributed by atoms with Crippen molar-refractivity contribution in [1.82, 2.24) is 15.2 Å². The van der Waals surface area contributed by atoms with Gasteiger partial charge in [-0.25, -0.2) is 9.78 Å². The smallest absolute Gasteiger partial charge is 0.361 e. The van der Waals surface area contributed by atoms with Crippen molar-refractivity contribution in [2.24, 2.45) is 0 Å². The number of aromatic nitrogens is 3. The Hall–Kier alpha value is -2.73. The maximum Gasteiger partial charge on any atom is 0.361 e. The van der Waals surface area contributed by atoms with Crippen molar-refractivity contribution in [3.8, 4) is 11.4 Å². The van der Waals surface area contributed by atoms with Crippen LogP contribution >= 0.6 is 11.8 Å². The zero-order valence-corrected chi connectivity index (χ0v) is 14.8. The van der Waals surface area contributed by atoms with E-state index in [1.807, 2.05) is 61.5 Å². The normalized spacial score (nSPS) is 10.5. The van der Waals surface area contributed by atoms with E-state index >= 15 is 0 Å². The van der Waals surface area contributed by atoms with E-state index in [-0.39, 0.29) is 12.3 Å². The van der Waals surface area contributed by atoms with Gasteiger partial charge in [-0.05, 0) is 25.5 Å². The van der Waals surface area contributed by atoms with Gasteiger partial charge in [0, 0.05) is 10.5 Å². The van der Waals surface area contributed by atoms with E-state index in [1.165, 1.54) is 11.8 Å². The van der Waals surface area contributed by atoms with Gasteiger partial charge >= 0.3 is 5.97 Å². The summed E-state index contributed by atoms with van der Waals surface area (Å²) in [4.78, 5) is 17.8. The summed E-state index contributed by atoms with van der Waals surface area (Å²) in [6.07, 6.45) is 0. The van der Waals surface area contributed by atoms with E-state index < -0.39 is 5.97 Å². The average molecular weight is 351 g/mol. The third-order valence-corrected chi connectivity index (χ3v) is 4.61. The zero-order valence-electron chi connectivity index (χ0n) is 14.0. The molecular weight excluding hydrogens is 334 g/mol. The van der Waals surface area contributed by atoms with Gasteiger partial charge in [0.05, 0.1) is 6.61 Å². The zero-order chi connectivity index (χ0) is 17.6. The molecule has 0 saturated carbocycles. The number of nitrogens with zero attached hydrogens (tertiary/aromatic N) is 3. The maximum atomic E-state index is 12.2. The molecule has 0 atom stereocenters. The second-order valence-electron chi connectivity index (χ2n) is 5.24. The van der Waals surface area contributed by atoms with Crippen molar-refractivity contribution in [2.75, 3.05) is 6.61 Å². The molecule has 0 aliphatic heterocycles. The summed E-state index contributed by atoms with van der Waals surface area (Å²) in [5, 5.41) is 8.68. The molecule has 0 N–H and O–H groups in total. The minimum Gasteiger partial charge on any atom is -0.461 e. The van der Waals surface area contributed by atoms with Crippen LogP contribution < -0.4 is 0 Å². The van der Waals surface area contributed by atoms with Crippen molar-refractivity contribution >= 4 is 17.7 Å². The summed E-state index contributed by atoms with van der Waals surface area (Å²) < 4.78 is 5.09. The molecule has 6 heteroatoms. The first kappa shape index (κ1) is 17.1. The number of carbonyl (C=O) groups is 1. The molecule has 5 nitrogen and oxygen atoms in total. The molecule has 0 aliphatic carbocycles. The third kappa shape index (κ3) is 4.03. The SMILES string of the molecule is CCOC(=O)c1nnc(-c2ccccc2)nc1Sc1ccccc1C. The fourth-order valence-corrected chi connectivity index (χ4v) is 3.13. The van der Waals surface area contributed by atoms with Crippen LogP contribution in [-0.2, 0) is 4.74 Å². The number of rotatable bonds is 5. The lowest BCUT2D eigenvalue weighted by atomic mass is 10.2. The average Bonchev–Trinajstić information content (AvgIpc) is 2.64. The maximum absolute atomic E-state index is 12.2. The summed E-state index contributed by atoms with van der Waals surface area (Å²) in [7, 11) is 0. The number of ether oxygens (including phenoxy) is 1. The first-order chi connectivity index (χ1) is 12.2. The van der Waals surface area contributed by atoms with Crippen LogP contribution in [-0.4, -0.2) is 27.8 Å². The second kappa shape index (κ2) is 7.90. The van der Waals surface area contributed by atoms with Gasteiger partial charge in [0.1, 0.15) is 5.03 Å². The molecule has 3 rings (SSSR count). The van der Waals surface area contributed by atoms with Crippen LogP contribution in [0.15, 0.2) is 64.5 Å². The molecule has 1 heterocycles. The van der Waals surface area contributed by atoms with Gasteiger partial charge in [-0.2, -0.15) is 0 Å². The Morgan fingerprint density at radius 2 is 1.76 bits per heavy atom. The van der Waals surface area contributed by atoms with Crippen molar-refractivity contribution < 1.29 is 9.53 Å². The lowest BCUT2D eigenvalue weighted by molar-refractivity contribution is 0.0512. The third-order valence-electron chi connectivity index (χ3n) is 3.46. The van der Waals surface area contributed by atoms with E-state index in [0.29, 0.717) is 10.9 Å². The Kier molecular flexibility index (Phi) is 5.40. The number of aryl methyl sites for hydroxylation is 1. The molecule has 0 fully saturated rings. The Morgan fingerprint density at radius 1 is 1.04 bits per heavy atom. The fourth-order valence-electron chi connectivity index (χ4n) is 2.19. The molecule has 25 heavy (non-hydrogen) atoms. The van der Waals surface area contributed by atoms with Crippen molar-refractivity contribution in [3.05, 3.63) is 65.9 Å². The van der Waals surface area contributed by atoms with Crippen LogP contribution in [0.3, 0.4) is 0 Å². The van der Waals surface area contributed by atoms with Gasteiger partial charge in [0.2, 0.25) is 5.69 Å². The quantitative estimate of drug-likeness (QED) is 0.643. The van der Waals surface area contributed by atoms with Gasteiger partial charge in [-0.15, -0.1) is 10.2 Å². The van der Waals surface area contributed by atoms with Crippen LogP contribution in [0.4, 0.5) is 0 Å². The molecule has 3 aromatic rings. The highest BCUT2D eigenvalue weighted by molar-refractivity contribution is 7.99. The van der Waals surface area contributed by atoms with Crippen molar-refractivity contribution in [2.45, 2.75) is 23.8 Å². The molecular formula is C19H17N3O2S. The highest BCUT2D eigenvalue weighted by Gasteiger charge is 2.20. The number of carbonyl (C=O) groups excluding carboxylic acids is 1. The fraction of sp³-hybridized carbons (Fsp3) is 0.158. The second-order valence-corrected chi connectivity index (χ2v) is 6.27. The number of hydrogen-bond acceptors (Lipinski definition) is 6. The topological polar surface area (TPSA) is 65.0 Å². The molecule has 0 amide bonds. The van der Waals surface area contributed by atoms with E-state index in [2.05, 4.69) is 15.2 Å². The summed E-state index contributed by atoms with van der Waals surface area (Å²) >= 11 is 1.39. The standard InChI is InChI=1S/C19H17N3O2S/c1-3-24-19(23)16-18(25-15-12-8-7-9-13(15)2)20-17(22-21-16)14-10-5-4-6-11-14/h4-12H,3H2,1-2H3. The summed E-state index contributed by atoms with van der Waals surface area (Å²) in [6, 6.07) is 17.5. The van der Waals surface area contributed by atoms with E-state index in [0.717, 1.165) is 16.0 Å². The molecule has 0 spiro atoms. The predicted molar refractivity (Wildman–Crippen MR) is 96.5 cm³/mol. The van der Waals surface area contributed by atoms with Crippen molar-refractivity contribution in [1.29, 1.82) is 0 Å². The first-order valence-electron chi connectivity index (χ1n) is 7.89.